The number of halogens is 3. The summed E-state index contributed by atoms with van der Waals surface area (Å²) in [6.45, 7) is -0.00512. The number of phenols is 1. The van der Waals surface area contributed by atoms with Crippen molar-refractivity contribution in [3.05, 3.63) is 105 Å². The minimum atomic E-state index is -2.16. The van der Waals surface area contributed by atoms with Gasteiger partial charge >= 0.3 is 11.4 Å². The number of phenolic OH excluding ortho intramolecular Hbond substituents is 1. The van der Waals surface area contributed by atoms with Gasteiger partial charge in [-0.1, -0.05) is 36.4 Å². The molecule has 9 nitrogen and oxygen atoms in total. The van der Waals surface area contributed by atoms with Gasteiger partial charge in [-0.25, -0.2) is 32.8 Å². The van der Waals surface area contributed by atoms with Crippen molar-refractivity contribution >= 4 is 51.5 Å². The molecule has 1 saturated heterocycles. The predicted molar refractivity (Wildman–Crippen MR) is 150 cm³/mol. The number of anilines is 1. The number of carbonyl (C=O) groups is 2. The smallest absolute Gasteiger partial charge is 0.347 e. The molecular weight excluding hydrogens is 574 g/mol. The largest absolute Gasteiger partial charge is 0.508 e. The minimum Gasteiger partial charge on any atom is -0.508 e. The highest BCUT2D eigenvalue weighted by Crippen LogP contribution is 2.65. The van der Waals surface area contributed by atoms with Gasteiger partial charge in [-0.05, 0) is 46.7 Å². The Morgan fingerprint density at radius 3 is 2.37 bits per heavy atom. The molecule has 3 aliphatic rings. The molecule has 3 aromatic carbocycles. The Balaban J connectivity index is 1.55. The Labute approximate surface area is 241 Å². The molecule has 0 bridgehead atoms. The number of allylic oxidation sites excluding steroid dienone is 2. The molecule has 2 amide bonds. The summed E-state index contributed by atoms with van der Waals surface area (Å²) in [6.07, 6.45) is 1.41. The van der Waals surface area contributed by atoms with E-state index >= 15 is 0 Å². The van der Waals surface area contributed by atoms with Gasteiger partial charge in [0.05, 0.1) is 18.3 Å². The second-order valence-electron chi connectivity index (χ2n) is 10.6. The zero-order valence-corrected chi connectivity index (χ0v) is 22.9. The lowest BCUT2D eigenvalue weighted by atomic mass is 9.63. The molecule has 7 rings (SSSR count). The molecule has 3 heterocycles. The lowest BCUT2D eigenvalue weighted by molar-refractivity contribution is -0.122. The van der Waals surface area contributed by atoms with Gasteiger partial charge < -0.3 is 5.11 Å². The first-order valence-electron chi connectivity index (χ1n) is 12.8. The van der Waals surface area contributed by atoms with Crippen LogP contribution in [0.5, 0.6) is 5.75 Å². The maximum Gasteiger partial charge on any atom is 0.347 e. The first-order valence-corrected chi connectivity index (χ1v) is 13.6. The third-order valence-electron chi connectivity index (χ3n) is 8.59. The summed E-state index contributed by atoms with van der Waals surface area (Å²) in [5.41, 5.74) is -0.370. The quantitative estimate of drug-likeness (QED) is 0.217. The molecule has 2 aliphatic heterocycles. The number of aromatic nitrogens is 3. The van der Waals surface area contributed by atoms with Crippen molar-refractivity contribution in [1.29, 1.82) is 0 Å². The third-order valence-corrected chi connectivity index (χ3v) is 10.0. The van der Waals surface area contributed by atoms with Crippen LogP contribution in [0.25, 0.3) is 10.8 Å². The molecule has 41 heavy (non-hydrogen) atoms. The Morgan fingerprint density at radius 1 is 0.927 bits per heavy atom. The lowest BCUT2D eigenvalue weighted by Crippen LogP contribution is -2.59. The molecule has 0 spiro atoms. The number of nitrogens with zero attached hydrogens (tertiary/aromatic N) is 4. The summed E-state index contributed by atoms with van der Waals surface area (Å²) in [5, 5.41) is 12.6. The van der Waals surface area contributed by atoms with E-state index < -0.39 is 50.7 Å². The van der Waals surface area contributed by atoms with Crippen LogP contribution in [0.4, 0.5) is 10.1 Å². The van der Waals surface area contributed by atoms with Crippen LogP contribution in [-0.2, 0) is 23.2 Å². The van der Waals surface area contributed by atoms with Crippen LogP contribution < -0.4 is 16.3 Å². The topological polar surface area (TPSA) is 107 Å². The van der Waals surface area contributed by atoms with E-state index in [1.807, 2.05) is 12.1 Å². The molecule has 1 N–H and O–H groups in total. The molecule has 0 unspecified atom stereocenters. The number of rotatable bonds is 2. The van der Waals surface area contributed by atoms with Crippen LogP contribution >= 0.6 is 23.2 Å². The maximum atomic E-state index is 14.4. The average Bonchev–Trinajstić information content (AvgIpc) is 3.27. The number of hydrogen-bond acceptors (Lipinski definition) is 5. The van der Waals surface area contributed by atoms with Crippen LogP contribution in [0, 0.1) is 5.82 Å². The second-order valence-corrected chi connectivity index (χ2v) is 11.8. The summed E-state index contributed by atoms with van der Waals surface area (Å²) >= 11 is 14.6. The van der Waals surface area contributed by atoms with E-state index in [1.165, 1.54) is 34.6 Å². The first kappa shape index (κ1) is 25.8. The monoisotopic (exact) mass is 594 g/mol. The number of amides is 2. The van der Waals surface area contributed by atoms with Gasteiger partial charge in [-0.15, -0.1) is 23.2 Å². The fourth-order valence-corrected chi connectivity index (χ4v) is 7.57. The van der Waals surface area contributed by atoms with Crippen LogP contribution in [0.1, 0.15) is 23.9 Å². The molecular formula is C29H21Cl2FN4O5. The number of aromatic hydroxyl groups is 1. The number of alkyl halides is 2. The van der Waals surface area contributed by atoms with Crippen molar-refractivity contribution in [1.82, 2.24) is 13.9 Å². The van der Waals surface area contributed by atoms with Crippen molar-refractivity contribution in [3.63, 3.8) is 0 Å². The molecule has 1 saturated carbocycles. The highest BCUT2D eigenvalue weighted by Gasteiger charge is 2.76. The van der Waals surface area contributed by atoms with Gasteiger partial charge in [-0.2, -0.15) is 0 Å². The van der Waals surface area contributed by atoms with E-state index in [2.05, 4.69) is 0 Å². The van der Waals surface area contributed by atoms with E-state index in [-0.39, 0.29) is 30.0 Å². The number of carbonyl (C=O) groups excluding carboxylic acids is 2. The number of imide groups is 1. The minimum absolute atomic E-state index is 0.00512. The predicted octanol–water partition coefficient (Wildman–Crippen LogP) is 3.54. The molecule has 208 valence electrons. The molecule has 4 atom stereocenters. The highest BCUT2D eigenvalue weighted by molar-refractivity contribution is 6.58. The molecule has 12 heteroatoms. The summed E-state index contributed by atoms with van der Waals surface area (Å²) in [6, 6.07) is 14.2. The van der Waals surface area contributed by atoms with Crippen LogP contribution in [0.2, 0.25) is 0 Å². The average molecular weight is 595 g/mol. The first-order chi connectivity index (χ1) is 19.5. The molecule has 4 aromatic rings. The van der Waals surface area contributed by atoms with Crippen molar-refractivity contribution in [2.24, 2.45) is 7.05 Å². The zero-order chi connectivity index (χ0) is 29.0. The van der Waals surface area contributed by atoms with Gasteiger partial charge in [0.15, 0.2) is 9.75 Å². The van der Waals surface area contributed by atoms with Gasteiger partial charge in [0, 0.05) is 24.9 Å². The van der Waals surface area contributed by atoms with Gasteiger partial charge in [0.2, 0.25) is 0 Å². The third kappa shape index (κ3) is 3.11. The Bertz CT molecular complexity index is 1980. The van der Waals surface area contributed by atoms with Crippen molar-refractivity contribution in [2.75, 3.05) is 4.90 Å². The van der Waals surface area contributed by atoms with E-state index in [0.717, 1.165) is 27.0 Å². The standard InChI is InChI=1S/C29H21Cl2FN4O5/c1-33-26(40)34-13-12-19-20(36(34)27(33)41)14-28(30)24(38)35(17-9-7-16(32)8-10-17)25(39)29(28,31)23(19)22-18-5-3-2-4-15(18)6-11-21(22)37/h2-12,20,23,37H,13-14H2,1H3/t20-,23-,28-,29+/m1/s1. The van der Waals surface area contributed by atoms with E-state index in [4.69, 9.17) is 23.2 Å². The Hall–Kier alpha value is -4.15. The van der Waals surface area contributed by atoms with Crippen molar-refractivity contribution in [3.8, 4) is 5.75 Å². The van der Waals surface area contributed by atoms with E-state index in [0.29, 0.717) is 11.0 Å². The summed E-state index contributed by atoms with van der Waals surface area (Å²) in [7, 11) is 1.35. The Morgan fingerprint density at radius 2 is 1.63 bits per heavy atom. The lowest BCUT2D eigenvalue weighted by Gasteiger charge is -2.49. The summed E-state index contributed by atoms with van der Waals surface area (Å²) < 4.78 is 17.2. The van der Waals surface area contributed by atoms with Crippen LogP contribution in [0.3, 0.4) is 0 Å². The fourth-order valence-electron chi connectivity index (χ4n) is 6.67. The maximum absolute atomic E-state index is 14.4. The fraction of sp³-hybridized carbons (Fsp3) is 0.241. The SMILES string of the molecule is Cn1c(=O)n2n(c1=O)[C@@H]1C[C@@]3(Cl)C(=O)N(c4ccc(F)cc4)C(=O)[C@@]3(Cl)[C@@H](c3c(O)ccc4ccccc34)C1=CC2. The van der Waals surface area contributed by atoms with Crippen LogP contribution in [0.15, 0.2) is 81.9 Å². The number of hydrogen-bond donors (Lipinski definition) is 1. The van der Waals surface area contributed by atoms with E-state index in [1.54, 1.807) is 24.3 Å². The highest BCUT2D eigenvalue weighted by atomic mass is 35.5. The van der Waals surface area contributed by atoms with Crippen molar-refractivity contribution in [2.45, 2.75) is 34.7 Å². The molecule has 1 aliphatic carbocycles. The van der Waals surface area contributed by atoms with Gasteiger partial charge in [-0.3, -0.25) is 9.59 Å². The Kier molecular flexibility index (Phi) is 5.31. The molecule has 2 fully saturated rings. The van der Waals surface area contributed by atoms with E-state index in [9.17, 15) is 28.7 Å². The second kappa shape index (κ2) is 8.43. The number of benzene rings is 3. The molecule has 1 aromatic heterocycles. The van der Waals surface area contributed by atoms with Crippen molar-refractivity contribution < 1.29 is 19.1 Å². The number of fused-ring (bicyclic) bond motifs is 5. The van der Waals surface area contributed by atoms with Crippen LogP contribution in [-0.4, -0.2) is 40.6 Å². The molecule has 0 radical (unpaired) electrons. The normalized spacial score (nSPS) is 27.0. The summed E-state index contributed by atoms with van der Waals surface area (Å²) in [5.74, 6) is -3.63. The van der Waals surface area contributed by atoms with Gasteiger partial charge in [0.25, 0.3) is 11.8 Å². The zero-order valence-electron chi connectivity index (χ0n) is 21.4. The summed E-state index contributed by atoms with van der Waals surface area (Å²) in [4.78, 5) is 51.3. The van der Waals surface area contributed by atoms with Gasteiger partial charge in [0.1, 0.15) is 11.6 Å².